The highest BCUT2D eigenvalue weighted by Crippen LogP contribution is 2.50. The van der Waals surface area contributed by atoms with Crippen molar-refractivity contribution in [1.29, 1.82) is 0 Å². The van der Waals surface area contributed by atoms with Gasteiger partial charge in [-0.1, -0.05) is 188 Å². The van der Waals surface area contributed by atoms with Gasteiger partial charge in [-0.2, -0.15) is 0 Å². The van der Waals surface area contributed by atoms with Gasteiger partial charge >= 0.3 is 0 Å². The molecule has 10 rings (SSSR count). The van der Waals surface area contributed by atoms with Crippen molar-refractivity contribution in [2.75, 3.05) is 4.90 Å². The van der Waals surface area contributed by atoms with Crippen molar-refractivity contribution in [3.05, 3.63) is 224 Å². The minimum atomic E-state index is 1.10. The molecule has 0 N–H and O–H groups in total. The Kier molecular flexibility index (Phi) is 8.79. The van der Waals surface area contributed by atoms with Gasteiger partial charge in [-0.05, 0) is 86.5 Å². The maximum absolute atomic E-state index is 2.51. The smallest absolute Gasteiger partial charge is 0.0640 e. The van der Waals surface area contributed by atoms with E-state index in [0.717, 1.165) is 22.6 Å². The Morgan fingerprint density at radius 1 is 0.286 bits per heavy atom. The first-order valence-electron chi connectivity index (χ1n) is 19.1. The molecular weight excluding hydrogens is 695 g/mol. The Bertz CT molecular complexity index is 2910. The van der Waals surface area contributed by atoms with Crippen molar-refractivity contribution >= 4 is 48.6 Å². The van der Waals surface area contributed by atoms with Crippen LogP contribution in [0.25, 0.3) is 75.8 Å². The van der Waals surface area contributed by atoms with Crippen molar-refractivity contribution in [3.8, 4) is 55.6 Å². The van der Waals surface area contributed by atoms with Crippen LogP contribution >= 0.6 is 11.3 Å². The van der Waals surface area contributed by atoms with Crippen LogP contribution in [0.5, 0.6) is 0 Å². The molecule has 0 amide bonds. The van der Waals surface area contributed by atoms with Crippen LogP contribution < -0.4 is 4.90 Å². The fourth-order valence-corrected chi connectivity index (χ4v) is 9.29. The molecule has 0 aliphatic heterocycles. The zero-order valence-electron chi connectivity index (χ0n) is 30.7. The first-order chi connectivity index (χ1) is 27.8. The predicted octanol–water partition coefficient (Wildman–Crippen LogP) is 15.9. The minimum Gasteiger partial charge on any atom is -0.308 e. The number of thiophene rings is 1. The lowest BCUT2D eigenvalue weighted by Crippen LogP contribution is -2.12. The zero-order valence-corrected chi connectivity index (χ0v) is 31.5. The van der Waals surface area contributed by atoms with Crippen LogP contribution in [0, 0.1) is 0 Å². The second kappa shape index (κ2) is 14.7. The van der Waals surface area contributed by atoms with Crippen molar-refractivity contribution in [3.63, 3.8) is 0 Å². The Morgan fingerprint density at radius 2 is 0.732 bits per heavy atom. The lowest BCUT2D eigenvalue weighted by Gasteiger charge is -2.30. The van der Waals surface area contributed by atoms with Crippen LogP contribution in [0.2, 0.25) is 0 Å². The van der Waals surface area contributed by atoms with Crippen LogP contribution in [0.15, 0.2) is 224 Å². The zero-order chi connectivity index (χ0) is 37.3. The van der Waals surface area contributed by atoms with E-state index < -0.39 is 0 Å². The average Bonchev–Trinajstić information content (AvgIpc) is 3.67. The van der Waals surface area contributed by atoms with Crippen LogP contribution in [-0.4, -0.2) is 0 Å². The van der Waals surface area contributed by atoms with Gasteiger partial charge in [0.05, 0.1) is 16.1 Å². The molecular formula is C54H37NS. The van der Waals surface area contributed by atoms with Crippen molar-refractivity contribution in [2.24, 2.45) is 0 Å². The standard InChI is InChI=1S/C54H37NS/c1-4-19-38(20-5-1)41-35-42(39-21-6-2-7-22-39)37-43(36-41)55(52-33-18-31-50-49-30-15-17-34-53(49)56-54(50)52)51-32-16-14-29-48(51)47-28-13-12-27-46(47)45-26-11-10-25-44(45)40-23-8-3-9-24-40/h1-37H. The number of hydrogen-bond acceptors (Lipinski definition) is 2. The maximum atomic E-state index is 2.51. The van der Waals surface area contributed by atoms with E-state index in [1.54, 1.807) is 0 Å². The van der Waals surface area contributed by atoms with Gasteiger partial charge < -0.3 is 4.90 Å². The molecule has 0 radical (unpaired) electrons. The normalized spacial score (nSPS) is 11.2. The van der Waals surface area contributed by atoms with Gasteiger partial charge in [0.1, 0.15) is 0 Å². The van der Waals surface area contributed by atoms with E-state index >= 15 is 0 Å². The van der Waals surface area contributed by atoms with Crippen LogP contribution in [0.4, 0.5) is 17.1 Å². The number of anilines is 3. The second-order valence-corrected chi connectivity index (χ2v) is 15.1. The third kappa shape index (κ3) is 6.17. The first kappa shape index (κ1) is 33.6. The monoisotopic (exact) mass is 731 g/mol. The van der Waals surface area contributed by atoms with Crippen LogP contribution in [0.3, 0.4) is 0 Å². The largest absolute Gasteiger partial charge is 0.308 e. The van der Waals surface area contributed by atoms with Gasteiger partial charge in [0.15, 0.2) is 0 Å². The highest BCUT2D eigenvalue weighted by atomic mass is 32.1. The van der Waals surface area contributed by atoms with Gasteiger partial charge in [-0.3, -0.25) is 0 Å². The molecule has 1 nitrogen and oxygen atoms in total. The molecule has 2 heteroatoms. The highest BCUT2D eigenvalue weighted by Gasteiger charge is 2.23. The molecule has 0 unspecified atom stereocenters. The van der Waals surface area contributed by atoms with Crippen molar-refractivity contribution < 1.29 is 0 Å². The predicted molar refractivity (Wildman–Crippen MR) is 241 cm³/mol. The number of nitrogens with zero attached hydrogens (tertiary/aromatic N) is 1. The number of fused-ring (bicyclic) bond motifs is 3. The molecule has 0 fully saturated rings. The average molecular weight is 732 g/mol. The Labute approximate surface area is 332 Å². The van der Waals surface area contributed by atoms with Gasteiger partial charge in [0.25, 0.3) is 0 Å². The summed E-state index contributed by atoms with van der Waals surface area (Å²) in [6.07, 6.45) is 0. The summed E-state index contributed by atoms with van der Waals surface area (Å²) in [6.45, 7) is 0. The lowest BCUT2D eigenvalue weighted by atomic mass is 9.88. The molecule has 0 saturated heterocycles. The van der Waals surface area contributed by atoms with Gasteiger partial charge in [0, 0.05) is 26.7 Å². The second-order valence-electron chi connectivity index (χ2n) is 14.1. The molecule has 0 spiro atoms. The summed E-state index contributed by atoms with van der Waals surface area (Å²) in [5.41, 5.74) is 15.3. The lowest BCUT2D eigenvalue weighted by molar-refractivity contribution is 1.30. The first-order valence-corrected chi connectivity index (χ1v) is 19.9. The van der Waals surface area contributed by atoms with Gasteiger partial charge in [0.2, 0.25) is 0 Å². The van der Waals surface area contributed by atoms with E-state index in [9.17, 15) is 0 Å². The summed E-state index contributed by atoms with van der Waals surface area (Å²) in [6, 6.07) is 81.4. The van der Waals surface area contributed by atoms with E-state index in [2.05, 4.69) is 229 Å². The summed E-state index contributed by atoms with van der Waals surface area (Å²) in [5, 5.41) is 2.55. The van der Waals surface area contributed by atoms with Crippen LogP contribution in [-0.2, 0) is 0 Å². The molecule has 56 heavy (non-hydrogen) atoms. The minimum absolute atomic E-state index is 1.10. The van der Waals surface area contributed by atoms with Gasteiger partial charge in [-0.15, -0.1) is 11.3 Å². The van der Waals surface area contributed by atoms with E-state index in [1.165, 1.54) is 70.2 Å². The Morgan fingerprint density at radius 3 is 1.38 bits per heavy atom. The van der Waals surface area contributed by atoms with Crippen molar-refractivity contribution in [2.45, 2.75) is 0 Å². The molecule has 0 aliphatic rings. The molecule has 0 atom stereocenters. The molecule has 9 aromatic carbocycles. The van der Waals surface area contributed by atoms with Crippen molar-refractivity contribution in [1.82, 2.24) is 0 Å². The Hall–Kier alpha value is -7.00. The number of benzene rings is 9. The molecule has 0 bridgehead atoms. The third-order valence-corrected chi connectivity index (χ3v) is 11.9. The van der Waals surface area contributed by atoms with Crippen LogP contribution in [0.1, 0.15) is 0 Å². The quantitative estimate of drug-likeness (QED) is 0.150. The topological polar surface area (TPSA) is 3.24 Å². The SMILES string of the molecule is c1ccc(-c2cc(-c3ccccc3)cc(N(c3ccccc3-c3ccccc3-c3ccccc3-c3ccccc3)c3cccc4c3sc3ccccc34)c2)cc1. The molecule has 0 aliphatic carbocycles. The maximum Gasteiger partial charge on any atom is 0.0640 e. The molecule has 0 saturated carbocycles. The van der Waals surface area contributed by atoms with Gasteiger partial charge in [-0.25, -0.2) is 0 Å². The fourth-order valence-electron chi connectivity index (χ4n) is 8.09. The molecule has 1 heterocycles. The number of rotatable bonds is 8. The summed E-state index contributed by atoms with van der Waals surface area (Å²) >= 11 is 1.87. The molecule has 10 aromatic rings. The fraction of sp³-hybridized carbons (Fsp3) is 0. The Balaban J connectivity index is 1.26. The highest BCUT2D eigenvalue weighted by molar-refractivity contribution is 7.26. The number of hydrogen-bond donors (Lipinski definition) is 0. The molecule has 1 aromatic heterocycles. The number of para-hydroxylation sites is 1. The summed E-state index contributed by atoms with van der Waals surface area (Å²) in [5.74, 6) is 0. The van der Waals surface area contributed by atoms with E-state index in [0.29, 0.717) is 0 Å². The van der Waals surface area contributed by atoms with E-state index in [-0.39, 0.29) is 0 Å². The van der Waals surface area contributed by atoms with E-state index in [1.807, 2.05) is 11.3 Å². The molecule has 264 valence electrons. The third-order valence-electron chi connectivity index (χ3n) is 10.7. The summed E-state index contributed by atoms with van der Waals surface area (Å²) < 4.78 is 2.55. The summed E-state index contributed by atoms with van der Waals surface area (Å²) in [7, 11) is 0. The van der Waals surface area contributed by atoms with E-state index in [4.69, 9.17) is 0 Å². The summed E-state index contributed by atoms with van der Waals surface area (Å²) in [4.78, 5) is 2.51.